The van der Waals surface area contributed by atoms with Gasteiger partial charge in [0.05, 0.1) is 39.1 Å². The van der Waals surface area contributed by atoms with Gasteiger partial charge in [-0.15, -0.1) is 0 Å². The van der Waals surface area contributed by atoms with Gasteiger partial charge < -0.3 is 4.90 Å². The number of hydrogen-bond donors (Lipinski definition) is 0. The minimum atomic E-state index is 0.871. The number of fused-ring (bicyclic) bond motifs is 8. The molecule has 0 N–H and O–H groups in total. The summed E-state index contributed by atoms with van der Waals surface area (Å²) in [6, 6.07) is 67.5. The van der Waals surface area contributed by atoms with Crippen LogP contribution in [0.4, 0.5) is 17.1 Å². The van der Waals surface area contributed by atoms with Crippen molar-refractivity contribution >= 4 is 71.4 Å². The van der Waals surface area contributed by atoms with Crippen LogP contribution in [-0.2, 0) is 0 Å². The van der Waals surface area contributed by atoms with Crippen LogP contribution in [0, 0.1) is 0 Å². The molecule has 0 spiro atoms. The Morgan fingerprint density at radius 3 is 1.61 bits per heavy atom. The predicted molar refractivity (Wildman–Crippen MR) is 236 cm³/mol. The summed E-state index contributed by atoms with van der Waals surface area (Å²) < 4.78 is 0. The molecule has 0 fully saturated rings. The Morgan fingerprint density at radius 1 is 0.351 bits per heavy atom. The molecular weight excluding hydrogens is 695 g/mol. The fourth-order valence-corrected chi connectivity index (χ4v) is 8.16. The van der Waals surface area contributed by atoms with Crippen LogP contribution >= 0.6 is 0 Å². The first-order valence-corrected chi connectivity index (χ1v) is 19.1. The van der Waals surface area contributed by atoms with Gasteiger partial charge in [-0.25, -0.2) is 15.0 Å². The quantitative estimate of drug-likeness (QED) is 0.160. The number of para-hydroxylation sites is 3. The van der Waals surface area contributed by atoms with Crippen molar-refractivity contribution in [2.75, 3.05) is 4.90 Å². The van der Waals surface area contributed by atoms with E-state index >= 15 is 0 Å². The van der Waals surface area contributed by atoms with Gasteiger partial charge >= 0.3 is 0 Å². The Bertz CT molecular complexity index is 3240. The fraction of sp³-hybridized carbons (Fsp3) is 0. The van der Waals surface area contributed by atoms with Gasteiger partial charge in [-0.3, -0.25) is 4.98 Å². The molecule has 0 aliphatic heterocycles. The normalized spacial score (nSPS) is 11.5. The van der Waals surface area contributed by atoms with Crippen molar-refractivity contribution in [2.24, 2.45) is 0 Å². The monoisotopic (exact) mass is 727 g/mol. The molecule has 0 radical (unpaired) electrons. The van der Waals surface area contributed by atoms with E-state index in [0.29, 0.717) is 0 Å². The molecule has 266 valence electrons. The van der Waals surface area contributed by atoms with Gasteiger partial charge in [0.2, 0.25) is 0 Å². The van der Waals surface area contributed by atoms with Crippen molar-refractivity contribution in [3.8, 4) is 33.8 Å². The minimum Gasteiger partial charge on any atom is -0.311 e. The molecule has 4 aromatic heterocycles. The lowest BCUT2D eigenvalue weighted by Crippen LogP contribution is -2.09. The van der Waals surface area contributed by atoms with E-state index < -0.39 is 0 Å². The van der Waals surface area contributed by atoms with Crippen molar-refractivity contribution in [3.05, 3.63) is 200 Å². The minimum absolute atomic E-state index is 0.871. The molecule has 5 heteroatoms. The van der Waals surface area contributed by atoms with E-state index in [0.717, 1.165) is 105 Å². The number of anilines is 3. The van der Waals surface area contributed by atoms with Crippen LogP contribution in [0.3, 0.4) is 0 Å². The number of rotatable bonds is 6. The molecule has 0 aliphatic rings. The third-order valence-electron chi connectivity index (χ3n) is 10.8. The lowest BCUT2D eigenvalue weighted by atomic mass is 9.94. The van der Waals surface area contributed by atoms with Crippen LogP contribution in [0.5, 0.6) is 0 Å². The van der Waals surface area contributed by atoms with Gasteiger partial charge in [0.25, 0.3) is 0 Å². The van der Waals surface area contributed by atoms with Crippen LogP contribution in [0.2, 0.25) is 0 Å². The summed E-state index contributed by atoms with van der Waals surface area (Å²) in [5.74, 6) is 0. The highest BCUT2D eigenvalue weighted by atomic mass is 15.1. The molecule has 0 amide bonds. The van der Waals surface area contributed by atoms with Crippen LogP contribution in [0.1, 0.15) is 0 Å². The highest BCUT2D eigenvalue weighted by Gasteiger charge is 2.19. The first kappa shape index (κ1) is 32.7. The molecule has 0 saturated carbocycles. The van der Waals surface area contributed by atoms with E-state index in [2.05, 4.69) is 169 Å². The van der Waals surface area contributed by atoms with Crippen molar-refractivity contribution in [3.63, 3.8) is 0 Å². The zero-order chi connectivity index (χ0) is 37.7. The van der Waals surface area contributed by atoms with E-state index in [1.807, 2.05) is 36.5 Å². The third kappa shape index (κ3) is 5.64. The second-order valence-corrected chi connectivity index (χ2v) is 14.2. The number of benzene rings is 7. The zero-order valence-corrected chi connectivity index (χ0v) is 30.8. The maximum atomic E-state index is 5.39. The van der Waals surface area contributed by atoms with E-state index in [1.54, 1.807) is 0 Å². The molecule has 0 aliphatic carbocycles. The molecule has 0 atom stereocenters. The Morgan fingerprint density at radius 2 is 0.912 bits per heavy atom. The average Bonchev–Trinajstić information content (AvgIpc) is 3.29. The maximum absolute atomic E-state index is 5.39. The topological polar surface area (TPSA) is 54.8 Å². The summed E-state index contributed by atoms with van der Waals surface area (Å²) in [4.78, 5) is 23.2. The molecule has 0 bridgehead atoms. The summed E-state index contributed by atoms with van der Waals surface area (Å²) in [5, 5.41) is 6.33. The maximum Gasteiger partial charge on any atom is 0.0972 e. The molecule has 57 heavy (non-hydrogen) atoms. The van der Waals surface area contributed by atoms with E-state index in [1.165, 1.54) is 0 Å². The van der Waals surface area contributed by atoms with E-state index in [9.17, 15) is 0 Å². The Balaban J connectivity index is 1.10. The number of aromatic nitrogens is 4. The SMILES string of the molecule is c1ccc(-c2ccc3ccc4ccc(-c5cccc6ncc7c(-c8ccc(N(c9ccccc9)c9ccccc9)cc8)nc8ccccc8c7c56)nc4c3n2)cc1. The summed E-state index contributed by atoms with van der Waals surface area (Å²) >= 11 is 0. The van der Waals surface area contributed by atoms with Crippen LogP contribution in [0.15, 0.2) is 200 Å². The second-order valence-electron chi connectivity index (χ2n) is 14.2. The number of pyridine rings is 4. The summed E-state index contributed by atoms with van der Waals surface area (Å²) in [6.07, 6.45) is 1.99. The molecular formula is C52H33N5. The van der Waals surface area contributed by atoms with E-state index in [-0.39, 0.29) is 0 Å². The smallest absolute Gasteiger partial charge is 0.0972 e. The van der Waals surface area contributed by atoms with Gasteiger partial charge in [0, 0.05) is 72.3 Å². The molecule has 0 saturated heterocycles. The van der Waals surface area contributed by atoms with Crippen LogP contribution < -0.4 is 4.90 Å². The first-order chi connectivity index (χ1) is 28.3. The third-order valence-corrected chi connectivity index (χ3v) is 10.8. The summed E-state index contributed by atoms with van der Waals surface area (Å²) in [5.41, 5.74) is 12.6. The fourth-order valence-electron chi connectivity index (χ4n) is 8.16. The highest BCUT2D eigenvalue weighted by Crippen LogP contribution is 2.42. The van der Waals surface area contributed by atoms with Crippen molar-refractivity contribution < 1.29 is 0 Å². The number of nitrogens with zero attached hydrogens (tertiary/aromatic N) is 5. The summed E-state index contributed by atoms with van der Waals surface area (Å²) in [6.45, 7) is 0. The van der Waals surface area contributed by atoms with Gasteiger partial charge in [0.1, 0.15) is 0 Å². The van der Waals surface area contributed by atoms with Crippen LogP contribution in [0.25, 0.3) is 88.2 Å². The second kappa shape index (κ2) is 13.5. The Kier molecular flexibility index (Phi) is 7.74. The standard InChI is InChI=1S/C52H33N5/c1-4-13-34(14-5-1)44-31-27-36-23-24-37-28-32-46(56-52(37)51(36)54-44)42-20-12-22-47-49(42)48-41-19-10-11-21-45(41)55-50(43(48)33-53-47)35-25-29-40(30-26-35)57(38-15-6-2-7-16-38)39-17-8-3-9-18-39/h1-33H. The van der Waals surface area contributed by atoms with Crippen LogP contribution in [-0.4, -0.2) is 19.9 Å². The molecule has 0 unspecified atom stereocenters. The lowest BCUT2D eigenvalue weighted by Gasteiger charge is -2.25. The van der Waals surface area contributed by atoms with Gasteiger partial charge in [-0.2, -0.15) is 0 Å². The lowest BCUT2D eigenvalue weighted by molar-refractivity contribution is 1.28. The zero-order valence-electron chi connectivity index (χ0n) is 30.8. The Labute approximate surface area is 329 Å². The molecule has 5 nitrogen and oxygen atoms in total. The number of hydrogen-bond acceptors (Lipinski definition) is 5. The average molecular weight is 728 g/mol. The van der Waals surface area contributed by atoms with Crippen molar-refractivity contribution in [1.82, 2.24) is 19.9 Å². The molecule has 11 aromatic rings. The summed E-state index contributed by atoms with van der Waals surface area (Å²) in [7, 11) is 0. The largest absolute Gasteiger partial charge is 0.311 e. The van der Waals surface area contributed by atoms with Gasteiger partial charge in [0.15, 0.2) is 0 Å². The predicted octanol–water partition coefficient (Wildman–Crippen LogP) is 13.5. The highest BCUT2D eigenvalue weighted by molar-refractivity contribution is 6.24. The van der Waals surface area contributed by atoms with Gasteiger partial charge in [-0.1, -0.05) is 133 Å². The van der Waals surface area contributed by atoms with E-state index in [4.69, 9.17) is 19.9 Å². The van der Waals surface area contributed by atoms with Gasteiger partial charge in [-0.05, 0) is 60.7 Å². The molecule has 7 aromatic carbocycles. The molecule has 4 heterocycles. The molecule has 11 rings (SSSR count). The van der Waals surface area contributed by atoms with Crippen molar-refractivity contribution in [1.29, 1.82) is 0 Å². The Hall–Kier alpha value is -7.76. The first-order valence-electron chi connectivity index (χ1n) is 19.1. The van der Waals surface area contributed by atoms with Crippen molar-refractivity contribution in [2.45, 2.75) is 0 Å².